The highest BCUT2D eigenvalue weighted by Gasteiger charge is 2.23. The zero-order chi connectivity index (χ0) is 16.2. The van der Waals surface area contributed by atoms with Gasteiger partial charge in [-0.15, -0.1) is 0 Å². The molecule has 2 aromatic rings. The summed E-state index contributed by atoms with van der Waals surface area (Å²) < 4.78 is 1.84. The molecule has 0 aliphatic carbocycles. The summed E-state index contributed by atoms with van der Waals surface area (Å²) in [7, 11) is 1.59. The van der Waals surface area contributed by atoms with Gasteiger partial charge in [0.15, 0.2) is 5.69 Å². The van der Waals surface area contributed by atoms with Gasteiger partial charge in [0, 0.05) is 26.3 Å². The average Bonchev–Trinajstić information content (AvgIpc) is 3.11. The number of rotatable bonds is 3. The number of carbonyl (C=O) groups excluding carboxylic acids is 1. The van der Waals surface area contributed by atoms with E-state index in [0.717, 1.165) is 31.7 Å². The largest absolute Gasteiger partial charge is 0.354 e. The fourth-order valence-corrected chi connectivity index (χ4v) is 2.71. The van der Waals surface area contributed by atoms with E-state index >= 15 is 0 Å². The van der Waals surface area contributed by atoms with E-state index in [1.165, 1.54) is 6.20 Å². The molecule has 1 atom stereocenters. The third-order valence-corrected chi connectivity index (χ3v) is 3.92. The number of aromatic nitrogens is 4. The summed E-state index contributed by atoms with van der Waals surface area (Å²) in [5.41, 5.74) is 0.729. The van der Waals surface area contributed by atoms with E-state index in [-0.39, 0.29) is 11.9 Å². The molecule has 8 nitrogen and oxygen atoms in total. The minimum absolute atomic E-state index is 0.180. The Balaban J connectivity index is 1.74. The fourth-order valence-electron chi connectivity index (χ4n) is 2.71. The van der Waals surface area contributed by atoms with Gasteiger partial charge >= 0.3 is 0 Å². The standard InChI is InChI=1S/C15H17N7O/c1-17-15(23)13-4-6-22(20-13)12-3-2-5-21(10-12)14-9-18-11(7-16)8-19-14/h4,6,8-9,12H,2-3,5,10H2,1H3,(H,17,23). The van der Waals surface area contributed by atoms with E-state index in [0.29, 0.717) is 11.4 Å². The molecular formula is C15H17N7O. The van der Waals surface area contributed by atoms with Crippen molar-refractivity contribution in [3.63, 3.8) is 0 Å². The van der Waals surface area contributed by atoms with Gasteiger partial charge in [-0.25, -0.2) is 9.97 Å². The van der Waals surface area contributed by atoms with Gasteiger partial charge in [0.05, 0.1) is 18.4 Å². The number of nitrogens with one attached hydrogen (secondary N) is 1. The molecule has 0 saturated carbocycles. The first-order valence-electron chi connectivity index (χ1n) is 7.45. The summed E-state index contributed by atoms with van der Waals surface area (Å²) in [6.07, 6.45) is 6.94. The highest BCUT2D eigenvalue weighted by atomic mass is 16.1. The Hall–Kier alpha value is -2.95. The SMILES string of the molecule is CNC(=O)c1ccn(C2CCCN(c3cnc(C#N)cn3)C2)n1. The third-order valence-electron chi connectivity index (χ3n) is 3.92. The lowest BCUT2D eigenvalue weighted by Crippen LogP contribution is -2.37. The Morgan fingerprint density at radius 1 is 1.43 bits per heavy atom. The minimum atomic E-state index is -0.186. The number of piperidine rings is 1. The molecule has 1 fully saturated rings. The predicted molar refractivity (Wildman–Crippen MR) is 82.8 cm³/mol. The van der Waals surface area contributed by atoms with Gasteiger partial charge in [-0.1, -0.05) is 0 Å². The van der Waals surface area contributed by atoms with Crippen molar-refractivity contribution in [1.82, 2.24) is 25.1 Å². The monoisotopic (exact) mass is 311 g/mol. The molecule has 118 valence electrons. The highest BCUT2D eigenvalue weighted by Crippen LogP contribution is 2.24. The van der Waals surface area contributed by atoms with Crippen LogP contribution in [0.3, 0.4) is 0 Å². The van der Waals surface area contributed by atoms with E-state index in [2.05, 4.69) is 25.3 Å². The molecule has 0 aromatic carbocycles. The van der Waals surface area contributed by atoms with Crippen molar-refractivity contribution in [3.8, 4) is 6.07 Å². The number of anilines is 1. The van der Waals surface area contributed by atoms with Crippen LogP contribution in [0.15, 0.2) is 24.7 Å². The molecule has 1 N–H and O–H groups in total. The van der Waals surface area contributed by atoms with Crippen LogP contribution in [-0.4, -0.2) is 45.8 Å². The number of carbonyl (C=O) groups is 1. The summed E-state index contributed by atoms with van der Waals surface area (Å²) in [6, 6.07) is 3.87. The molecule has 1 amide bonds. The van der Waals surface area contributed by atoms with Gasteiger partial charge in [0.25, 0.3) is 5.91 Å². The Kier molecular flexibility index (Phi) is 4.19. The van der Waals surface area contributed by atoms with Crippen molar-refractivity contribution >= 4 is 11.7 Å². The Bertz CT molecular complexity index is 731. The number of hydrogen-bond acceptors (Lipinski definition) is 6. The van der Waals surface area contributed by atoms with Crippen molar-refractivity contribution in [1.29, 1.82) is 5.26 Å². The first-order valence-corrected chi connectivity index (χ1v) is 7.45. The van der Waals surface area contributed by atoms with Gasteiger partial charge in [0.1, 0.15) is 17.6 Å². The van der Waals surface area contributed by atoms with Crippen LogP contribution in [0, 0.1) is 11.3 Å². The van der Waals surface area contributed by atoms with Crippen LogP contribution in [-0.2, 0) is 0 Å². The van der Waals surface area contributed by atoms with Gasteiger partial charge in [-0.3, -0.25) is 9.48 Å². The van der Waals surface area contributed by atoms with Gasteiger partial charge in [-0.2, -0.15) is 10.4 Å². The molecule has 1 saturated heterocycles. The van der Waals surface area contributed by atoms with Gasteiger partial charge < -0.3 is 10.2 Å². The van der Waals surface area contributed by atoms with Crippen LogP contribution < -0.4 is 10.2 Å². The number of amides is 1. The lowest BCUT2D eigenvalue weighted by molar-refractivity contribution is 0.0957. The summed E-state index contributed by atoms with van der Waals surface area (Å²) in [5.74, 6) is 0.571. The number of nitriles is 1. The van der Waals surface area contributed by atoms with E-state index in [4.69, 9.17) is 5.26 Å². The average molecular weight is 311 g/mol. The van der Waals surface area contributed by atoms with E-state index in [1.54, 1.807) is 19.3 Å². The lowest BCUT2D eigenvalue weighted by atomic mass is 10.1. The van der Waals surface area contributed by atoms with Crippen LogP contribution in [0.5, 0.6) is 0 Å². The first kappa shape index (κ1) is 15.0. The summed E-state index contributed by atoms with van der Waals surface area (Å²) in [4.78, 5) is 22.1. The van der Waals surface area contributed by atoms with Crippen molar-refractivity contribution in [2.75, 3.05) is 25.0 Å². The zero-order valence-corrected chi connectivity index (χ0v) is 12.8. The maximum Gasteiger partial charge on any atom is 0.271 e. The molecule has 0 bridgehead atoms. The summed E-state index contributed by atoms with van der Waals surface area (Å²) in [5, 5.41) is 15.7. The molecular weight excluding hydrogens is 294 g/mol. The fraction of sp³-hybridized carbons (Fsp3) is 0.400. The van der Waals surface area contributed by atoms with Crippen LogP contribution in [0.4, 0.5) is 5.82 Å². The molecule has 23 heavy (non-hydrogen) atoms. The second kappa shape index (κ2) is 6.44. The van der Waals surface area contributed by atoms with Crippen LogP contribution in [0.25, 0.3) is 0 Å². The van der Waals surface area contributed by atoms with Crippen molar-refractivity contribution in [2.24, 2.45) is 0 Å². The van der Waals surface area contributed by atoms with Gasteiger partial charge in [-0.05, 0) is 18.9 Å². The first-order chi connectivity index (χ1) is 11.2. The number of nitrogens with zero attached hydrogens (tertiary/aromatic N) is 6. The Morgan fingerprint density at radius 3 is 3.00 bits per heavy atom. The van der Waals surface area contributed by atoms with Crippen molar-refractivity contribution < 1.29 is 4.79 Å². The molecule has 0 radical (unpaired) electrons. The maximum absolute atomic E-state index is 11.6. The van der Waals surface area contributed by atoms with E-state index < -0.39 is 0 Å². The normalized spacial score (nSPS) is 17.6. The Labute approximate surface area is 133 Å². The third kappa shape index (κ3) is 3.13. The van der Waals surface area contributed by atoms with Gasteiger partial charge in [0.2, 0.25) is 0 Å². The molecule has 3 rings (SSSR count). The minimum Gasteiger partial charge on any atom is -0.354 e. The van der Waals surface area contributed by atoms with E-state index in [9.17, 15) is 4.79 Å². The summed E-state index contributed by atoms with van der Waals surface area (Å²) in [6.45, 7) is 1.64. The van der Waals surface area contributed by atoms with Crippen molar-refractivity contribution in [3.05, 3.63) is 36.0 Å². The quantitative estimate of drug-likeness (QED) is 0.897. The van der Waals surface area contributed by atoms with Crippen LogP contribution in [0.1, 0.15) is 35.1 Å². The zero-order valence-electron chi connectivity index (χ0n) is 12.8. The summed E-state index contributed by atoms with van der Waals surface area (Å²) >= 11 is 0. The van der Waals surface area contributed by atoms with E-state index in [1.807, 2.05) is 16.9 Å². The smallest absolute Gasteiger partial charge is 0.271 e. The second-order valence-electron chi connectivity index (χ2n) is 5.37. The van der Waals surface area contributed by atoms with Crippen LogP contribution in [0.2, 0.25) is 0 Å². The Morgan fingerprint density at radius 2 is 2.30 bits per heavy atom. The molecule has 1 unspecified atom stereocenters. The predicted octanol–water partition coefficient (Wildman–Crippen LogP) is 0.746. The molecule has 3 heterocycles. The van der Waals surface area contributed by atoms with Crippen molar-refractivity contribution in [2.45, 2.75) is 18.9 Å². The molecule has 8 heteroatoms. The number of hydrogen-bond donors (Lipinski definition) is 1. The molecule has 2 aromatic heterocycles. The molecule has 0 spiro atoms. The molecule has 1 aliphatic heterocycles. The molecule has 1 aliphatic rings. The highest BCUT2D eigenvalue weighted by molar-refractivity contribution is 5.91. The second-order valence-corrected chi connectivity index (χ2v) is 5.37. The van der Waals surface area contributed by atoms with Crippen LogP contribution >= 0.6 is 0 Å². The lowest BCUT2D eigenvalue weighted by Gasteiger charge is -2.33. The topological polar surface area (TPSA) is 99.7 Å². The maximum atomic E-state index is 11.6.